The Labute approximate surface area is 107 Å². The topological polar surface area (TPSA) is 45.1 Å². The van der Waals surface area contributed by atoms with Crippen molar-refractivity contribution in [3.8, 4) is 0 Å². The Morgan fingerprint density at radius 2 is 2.11 bits per heavy atom. The Morgan fingerprint density at radius 1 is 1.44 bits per heavy atom. The fourth-order valence-corrected chi connectivity index (χ4v) is 1.97. The van der Waals surface area contributed by atoms with E-state index in [1.54, 1.807) is 0 Å². The average molecular weight is 281 g/mol. The first-order valence-corrected chi connectivity index (χ1v) is 5.87. The van der Waals surface area contributed by atoms with E-state index in [0.717, 1.165) is 18.7 Å². The zero-order valence-corrected chi connectivity index (χ0v) is 10.1. The SMILES string of the molecule is OC1(CNc2ncc(C(F)(F)F)cc2Cl)CCC1. The lowest BCUT2D eigenvalue weighted by atomic mass is 9.80. The van der Waals surface area contributed by atoms with Crippen LogP contribution in [0.1, 0.15) is 24.8 Å². The van der Waals surface area contributed by atoms with Crippen molar-refractivity contribution >= 4 is 17.4 Å². The van der Waals surface area contributed by atoms with Crippen molar-refractivity contribution in [1.82, 2.24) is 4.98 Å². The van der Waals surface area contributed by atoms with Gasteiger partial charge in [-0.05, 0) is 25.3 Å². The van der Waals surface area contributed by atoms with Gasteiger partial charge in [0.2, 0.25) is 0 Å². The van der Waals surface area contributed by atoms with Gasteiger partial charge in [0, 0.05) is 12.7 Å². The van der Waals surface area contributed by atoms with Gasteiger partial charge in [0.15, 0.2) is 0 Å². The van der Waals surface area contributed by atoms with Gasteiger partial charge in [-0.3, -0.25) is 0 Å². The highest BCUT2D eigenvalue weighted by Gasteiger charge is 2.35. The van der Waals surface area contributed by atoms with Gasteiger partial charge in [0.1, 0.15) is 5.82 Å². The van der Waals surface area contributed by atoms with Crippen molar-refractivity contribution < 1.29 is 18.3 Å². The Kier molecular flexibility index (Phi) is 3.42. The van der Waals surface area contributed by atoms with E-state index in [4.69, 9.17) is 11.6 Å². The van der Waals surface area contributed by atoms with Crippen LogP contribution in [0.25, 0.3) is 0 Å². The predicted molar refractivity (Wildman–Crippen MR) is 61.5 cm³/mol. The van der Waals surface area contributed by atoms with Crippen molar-refractivity contribution in [2.75, 3.05) is 11.9 Å². The lowest BCUT2D eigenvalue weighted by Gasteiger charge is -2.36. The smallest absolute Gasteiger partial charge is 0.388 e. The van der Waals surface area contributed by atoms with Crippen molar-refractivity contribution in [3.63, 3.8) is 0 Å². The fourth-order valence-electron chi connectivity index (χ4n) is 1.73. The van der Waals surface area contributed by atoms with Crippen molar-refractivity contribution in [2.24, 2.45) is 0 Å². The third kappa shape index (κ3) is 2.87. The number of pyridine rings is 1. The Morgan fingerprint density at radius 3 is 2.56 bits per heavy atom. The van der Waals surface area contributed by atoms with E-state index < -0.39 is 17.3 Å². The van der Waals surface area contributed by atoms with Crippen molar-refractivity contribution in [2.45, 2.75) is 31.0 Å². The molecule has 0 atom stereocenters. The second-order valence-corrected chi connectivity index (χ2v) is 4.89. The number of hydrogen-bond donors (Lipinski definition) is 2. The third-order valence-corrected chi connectivity index (χ3v) is 3.33. The van der Waals surface area contributed by atoms with Crippen molar-refractivity contribution in [1.29, 1.82) is 0 Å². The summed E-state index contributed by atoms with van der Waals surface area (Å²) in [7, 11) is 0. The number of nitrogens with one attached hydrogen (secondary N) is 1. The Bertz CT molecular complexity index is 446. The zero-order valence-electron chi connectivity index (χ0n) is 9.39. The lowest BCUT2D eigenvalue weighted by Crippen LogP contribution is -2.43. The van der Waals surface area contributed by atoms with E-state index in [-0.39, 0.29) is 17.4 Å². The number of nitrogens with zero attached hydrogens (tertiary/aromatic N) is 1. The molecule has 0 saturated heterocycles. The molecule has 0 unspecified atom stereocenters. The molecule has 3 nitrogen and oxygen atoms in total. The molecule has 2 N–H and O–H groups in total. The fraction of sp³-hybridized carbons (Fsp3) is 0.545. The van der Waals surface area contributed by atoms with Gasteiger partial charge in [-0.2, -0.15) is 13.2 Å². The van der Waals surface area contributed by atoms with E-state index in [2.05, 4.69) is 10.3 Å². The maximum absolute atomic E-state index is 12.4. The normalized spacial score (nSPS) is 18.3. The average Bonchev–Trinajstić information content (AvgIpc) is 2.23. The molecule has 0 aliphatic heterocycles. The summed E-state index contributed by atoms with van der Waals surface area (Å²) in [4.78, 5) is 3.63. The molecule has 1 aromatic rings. The number of aliphatic hydroxyl groups is 1. The van der Waals surface area contributed by atoms with Crippen LogP contribution in [0.15, 0.2) is 12.3 Å². The van der Waals surface area contributed by atoms with Gasteiger partial charge < -0.3 is 10.4 Å². The standard InChI is InChI=1S/C11H12ClF3N2O/c12-8-4-7(11(13,14)15)5-16-9(8)17-6-10(18)2-1-3-10/h4-5,18H,1-3,6H2,(H,16,17). The number of hydrogen-bond acceptors (Lipinski definition) is 3. The number of rotatable bonds is 3. The van der Waals surface area contributed by atoms with Gasteiger partial charge in [-0.1, -0.05) is 11.6 Å². The van der Waals surface area contributed by atoms with Crippen LogP contribution in [0, 0.1) is 0 Å². The molecule has 1 fully saturated rings. The number of aromatic nitrogens is 1. The minimum Gasteiger partial charge on any atom is -0.388 e. The molecule has 2 rings (SSSR count). The van der Waals surface area contributed by atoms with Crippen LogP contribution in [0.4, 0.5) is 19.0 Å². The van der Waals surface area contributed by atoms with Crippen molar-refractivity contribution in [3.05, 3.63) is 22.8 Å². The van der Waals surface area contributed by atoms with Crippen LogP contribution < -0.4 is 5.32 Å². The molecule has 100 valence electrons. The summed E-state index contributed by atoms with van der Waals surface area (Å²) >= 11 is 5.72. The molecule has 1 aromatic heterocycles. The summed E-state index contributed by atoms with van der Waals surface area (Å²) in [5.41, 5.74) is -1.67. The minimum absolute atomic E-state index is 0.104. The Hall–Kier alpha value is -1.01. The molecule has 1 saturated carbocycles. The van der Waals surface area contributed by atoms with Gasteiger partial charge in [0.05, 0.1) is 16.2 Å². The first kappa shape index (κ1) is 13.4. The van der Waals surface area contributed by atoms with Crippen LogP contribution in [0.5, 0.6) is 0 Å². The van der Waals surface area contributed by atoms with Gasteiger partial charge in [-0.25, -0.2) is 4.98 Å². The predicted octanol–water partition coefficient (Wildman–Crippen LogP) is 3.08. The summed E-state index contributed by atoms with van der Waals surface area (Å²) < 4.78 is 37.1. The van der Waals surface area contributed by atoms with Crippen LogP contribution in [0.3, 0.4) is 0 Å². The third-order valence-electron chi connectivity index (χ3n) is 3.04. The van der Waals surface area contributed by atoms with E-state index >= 15 is 0 Å². The summed E-state index contributed by atoms with van der Waals surface area (Å²) in [6.07, 6.45) is -1.43. The number of halogens is 4. The number of anilines is 1. The highest BCUT2D eigenvalue weighted by Crippen LogP contribution is 2.34. The molecular formula is C11H12ClF3N2O. The first-order valence-electron chi connectivity index (χ1n) is 5.49. The van der Waals surface area contributed by atoms with Crippen LogP contribution in [0.2, 0.25) is 5.02 Å². The highest BCUT2D eigenvalue weighted by molar-refractivity contribution is 6.32. The molecule has 0 radical (unpaired) electrons. The molecule has 1 aliphatic carbocycles. The van der Waals surface area contributed by atoms with E-state index in [0.29, 0.717) is 12.8 Å². The van der Waals surface area contributed by atoms with Crippen LogP contribution in [-0.2, 0) is 6.18 Å². The largest absolute Gasteiger partial charge is 0.417 e. The zero-order chi connectivity index (χ0) is 13.4. The van der Waals surface area contributed by atoms with E-state index in [9.17, 15) is 18.3 Å². The monoisotopic (exact) mass is 280 g/mol. The Balaban J connectivity index is 2.06. The molecular weight excluding hydrogens is 269 g/mol. The maximum Gasteiger partial charge on any atom is 0.417 e. The molecule has 1 heterocycles. The first-order chi connectivity index (χ1) is 8.30. The second kappa shape index (κ2) is 4.59. The molecule has 0 amide bonds. The summed E-state index contributed by atoms with van der Waals surface area (Å²) in [5.74, 6) is 0.157. The van der Waals surface area contributed by atoms with Crippen LogP contribution in [-0.4, -0.2) is 22.2 Å². The van der Waals surface area contributed by atoms with Gasteiger partial charge in [-0.15, -0.1) is 0 Å². The van der Waals surface area contributed by atoms with Crippen LogP contribution >= 0.6 is 11.6 Å². The molecule has 0 bridgehead atoms. The van der Waals surface area contributed by atoms with Gasteiger partial charge >= 0.3 is 6.18 Å². The lowest BCUT2D eigenvalue weighted by molar-refractivity contribution is -0.137. The maximum atomic E-state index is 12.4. The molecule has 18 heavy (non-hydrogen) atoms. The summed E-state index contributed by atoms with van der Waals surface area (Å²) in [5, 5.41) is 12.5. The second-order valence-electron chi connectivity index (χ2n) is 4.48. The number of alkyl halides is 3. The molecule has 0 spiro atoms. The van der Waals surface area contributed by atoms with Gasteiger partial charge in [0.25, 0.3) is 0 Å². The van der Waals surface area contributed by atoms with E-state index in [1.807, 2.05) is 0 Å². The summed E-state index contributed by atoms with van der Waals surface area (Å²) in [6.45, 7) is 0.241. The molecule has 7 heteroatoms. The summed E-state index contributed by atoms with van der Waals surface area (Å²) in [6, 6.07) is 0.821. The molecule has 1 aliphatic rings. The molecule has 0 aromatic carbocycles. The minimum atomic E-state index is -4.46. The van der Waals surface area contributed by atoms with E-state index in [1.165, 1.54) is 0 Å². The quantitative estimate of drug-likeness (QED) is 0.894. The highest BCUT2D eigenvalue weighted by atomic mass is 35.5.